The first kappa shape index (κ1) is 15.3. The van der Waals surface area contributed by atoms with Crippen LogP contribution in [0, 0.1) is 0 Å². The molecule has 1 atom stereocenters. The summed E-state index contributed by atoms with van der Waals surface area (Å²) in [6.07, 6.45) is 0.643. The van der Waals surface area contributed by atoms with Crippen molar-refractivity contribution in [3.63, 3.8) is 0 Å². The highest BCUT2D eigenvalue weighted by Crippen LogP contribution is 2.34. The number of aliphatic hydroxyl groups is 1. The Morgan fingerprint density at radius 3 is 2.20 bits per heavy atom. The van der Waals surface area contributed by atoms with Gasteiger partial charge in [0.05, 0.1) is 0 Å². The fourth-order valence-electron chi connectivity index (χ4n) is 2.46. The monoisotopic (exact) mass is 332 g/mol. The van der Waals surface area contributed by atoms with Gasteiger partial charge in [-0.05, 0) is 41.2 Å². The molecule has 0 fully saturated rings. The van der Waals surface area contributed by atoms with Crippen molar-refractivity contribution in [2.45, 2.75) is 38.7 Å². The predicted octanol–water partition coefficient (Wildman–Crippen LogP) is 5.22. The molecule has 2 heteroatoms. The van der Waals surface area contributed by atoms with E-state index in [2.05, 4.69) is 41.9 Å². The third-order valence-electron chi connectivity index (χ3n) is 3.87. The van der Waals surface area contributed by atoms with E-state index < -0.39 is 5.60 Å². The normalized spacial score (nSPS) is 14.3. The molecule has 0 aliphatic heterocycles. The smallest absolute Gasteiger partial charge is 0.114 e. The van der Waals surface area contributed by atoms with Gasteiger partial charge >= 0.3 is 0 Å². The number of rotatable bonds is 4. The van der Waals surface area contributed by atoms with Crippen molar-refractivity contribution in [3.05, 3.63) is 69.7 Å². The summed E-state index contributed by atoms with van der Waals surface area (Å²) >= 11 is 3.48. The maximum atomic E-state index is 11.1. The fraction of sp³-hybridized carbons (Fsp3) is 0.333. The van der Waals surface area contributed by atoms with Crippen molar-refractivity contribution in [2.75, 3.05) is 0 Å². The molecule has 0 bridgehead atoms. The first-order valence-electron chi connectivity index (χ1n) is 7.06. The van der Waals surface area contributed by atoms with Gasteiger partial charge in [0.2, 0.25) is 0 Å². The van der Waals surface area contributed by atoms with Crippen LogP contribution in [-0.2, 0) is 5.60 Å². The highest BCUT2D eigenvalue weighted by Gasteiger charge is 2.29. The van der Waals surface area contributed by atoms with Crippen LogP contribution in [0.1, 0.15) is 49.8 Å². The van der Waals surface area contributed by atoms with Crippen molar-refractivity contribution in [3.8, 4) is 0 Å². The van der Waals surface area contributed by atoms with E-state index in [1.165, 1.54) is 5.56 Å². The average molecular weight is 333 g/mol. The van der Waals surface area contributed by atoms with Crippen molar-refractivity contribution < 1.29 is 5.11 Å². The first-order valence-corrected chi connectivity index (χ1v) is 7.85. The number of halogens is 1. The second-order valence-electron chi connectivity index (χ2n) is 5.50. The minimum absolute atomic E-state index is 0.504. The summed E-state index contributed by atoms with van der Waals surface area (Å²) in [5, 5.41) is 11.1. The van der Waals surface area contributed by atoms with Gasteiger partial charge in [-0.1, -0.05) is 73.1 Å². The molecule has 0 heterocycles. The van der Waals surface area contributed by atoms with Gasteiger partial charge in [-0.15, -0.1) is 0 Å². The number of benzene rings is 2. The average Bonchev–Trinajstić information content (AvgIpc) is 2.46. The minimum Gasteiger partial charge on any atom is -0.380 e. The van der Waals surface area contributed by atoms with E-state index in [0.717, 1.165) is 15.6 Å². The summed E-state index contributed by atoms with van der Waals surface area (Å²) in [4.78, 5) is 0. The fourth-order valence-corrected chi connectivity index (χ4v) is 2.86. The zero-order chi connectivity index (χ0) is 14.8. The Morgan fingerprint density at radius 2 is 1.70 bits per heavy atom. The summed E-state index contributed by atoms with van der Waals surface area (Å²) in [5.41, 5.74) is 2.23. The molecule has 0 aliphatic carbocycles. The summed E-state index contributed by atoms with van der Waals surface area (Å²) in [5.74, 6) is 0.504. The van der Waals surface area contributed by atoms with Gasteiger partial charge in [-0.25, -0.2) is 0 Å². The Kier molecular flexibility index (Phi) is 4.66. The van der Waals surface area contributed by atoms with Crippen LogP contribution in [0.3, 0.4) is 0 Å². The Balaban J connectivity index is 2.45. The Labute approximate surface area is 129 Å². The van der Waals surface area contributed by atoms with E-state index in [-0.39, 0.29) is 0 Å². The summed E-state index contributed by atoms with van der Waals surface area (Å²) in [6.45, 7) is 6.36. The van der Waals surface area contributed by atoms with E-state index in [0.29, 0.717) is 12.3 Å². The van der Waals surface area contributed by atoms with Crippen molar-refractivity contribution in [1.29, 1.82) is 0 Å². The van der Waals surface area contributed by atoms with Crippen LogP contribution in [0.25, 0.3) is 0 Å². The first-order chi connectivity index (χ1) is 9.47. The minimum atomic E-state index is -0.931. The molecule has 20 heavy (non-hydrogen) atoms. The van der Waals surface area contributed by atoms with Gasteiger partial charge in [-0.3, -0.25) is 0 Å². The van der Waals surface area contributed by atoms with E-state index in [1.807, 2.05) is 43.3 Å². The molecule has 2 aromatic carbocycles. The van der Waals surface area contributed by atoms with Crippen LogP contribution in [0.5, 0.6) is 0 Å². The van der Waals surface area contributed by atoms with Gasteiger partial charge in [0.15, 0.2) is 0 Å². The lowest BCUT2D eigenvalue weighted by Crippen LogP contribution is -2.26. The molecule has 1 nitrogen and oxygen atoms in total. The second kappa shape index (κ2) is 6.11. The molecule has 0 aliphatic rings. The Hall–Kier alpha value is -1.12. The lowest BCUT2D eigenvalue weighted by atomic mass is 9.83. The van der Waals surface area contributed by atoms with E-state index >= 15 is 0 Å². The topological polar surface area (TPSA) is 20.2 Å². The molecule has 0 saturated heterocycles. The third-order valence-corrected chi connectivity index (χ3v) is 4.36. The van der Waals surface area contributed by atoms with Crippen LogP contribution in [0.4, 0.5) is 0 Å². The SMILES string of the molecule is CCC(O)(c1ccc(C(C)C)cc1)c1cccc(Br)c1. The van der Waals surface area contributed by atoms with Crippen LogP contribution < -0.4 is 0 Å². The Morgan fingerprint density at radius 1 is 1.05 bits per heavy atom. The summed E-state index contributed by atoms with van der Waals surface area (Å²) in [6, 6.07) is 16.2. The molecular formula is C18H21BrO. The maximum Gasteiger partial charge on any atom is 0.114 e. The van der Waals surface area contributed by atoms with Crippen LogP contribution in [-0.4, -0.2) is 5.11 Å². The molecule has 1 N–H and O–H groups in total. The molecule has 2 aromatic rings. The van der Waals surface area contributed by atoms with Gasteiger partial charge in [-0.2, -0.15) is 0 Å². The standard InChI is InChI=1S/C18H21BrO/c1-4-18(20,16-6-5-7-17(19)12-16)15-10-8-14(9-11-15)13(2)3/h5-13,20H,4H2,1-3H3. The third kappa shape index (κ3) is 2.97. The number of hydrogen-bond acceptors (Lipinski definition) is 1. The molecule has 2 rings (SSSR count). The molecule has 0 spiro atoms. The zero-order valence-corrected chi connectivity index (χ0v) is 13.8. The molecule has 0 saturated carbocycles. The molecule has 106 valence electrons. The van der Waals surface area contributed by atoms with Crippen molar-refractivity contribution in [1.82, 2.24) is 0 Å². The lowest BCUT2D eigenvalue weighted by molar-refractivity contribution is 0.0764. The predicted molar refractivity (Wildman–Crippen MR) is 88.0 cm³/mol. The quantitative estimate of drug-likeness (QED) is 0.813. The summed E-state index contributed by atoms with van der Waals surface area (Å²) < 4.78 is 0.987. The number of hydrogen-bond donors (Lipinski definition) is 1. The van der Waals surface area contributed by atoms with E-state index in [4.69, 9.17) is 0 Å². The largest absolute Gasteiger partial charge is 0.380 e. The van der Waals surface area contributed by atoms with Gasteiger partial charge in [0.1, 0.15) is 5.60 Å². The van der Waals surface area contributed by atoms with Crippen LogP contribution >= 0.6 is 15.9 Å². The zero-order valence-electron chi connectivity index (χ0n) is 12.2. The highest BCUT2D eigenvalue weighted by molar-refractivity contribution is 9.10. The molecule has 0 radical (unpaired) electrons. The molecular weight excluding hydrogens is 312 g/mol. The molecule has 0 aromatic heterocycles. The summed E-state index contributed by atoms with van der Waals surface area (Å²) in [7, 11) is 0. The van der Waals surface area contributed by atoms with E-state index in [1.54, 1.807) is 0 Å². The Bertz CT molecular complexity index is 574. The van der Waals surface area contributed by atoms with Gasteiger partial charge in [0, 0.05) is 4.47 Å². The second-order valence-corrected chi connectivity index (χ2v) is 6.42. The van der Waals surface area contributed by atoms with Gasteiger partial charge < -0.3 is 5.11 Å². The van der Waals surface area contributed by atoms with Crippen molar-refractivity contribution >= 4 is 15.9 Å². The van der Waals surface area contributed by atoms with Gasteiger partial charge in [0.25, 0.3) is 0 Å². The lowest BCUT2D eigenvalue weighted by Gasteiger charge is -2.28. The molecule has 1 unspecified atom stereocenters. The van der Waals surface area contributed by atoms with E-state index in [9.17, 15) is 5.11 Å². The molecule has 0 amide bonds. The van der Waals surface area contributed by atoms with Crippen LogP contribution in [0.15, 0.2) is 53.0 Å². The van der Waals surface area contributed by atoms with Crippen LogP contribution in [0.2, 0.25) is 0 Å². The maximum absolute atomic E-state index is 11.1. The highest BCUT2D eigenvalue weighted by atomic mass is 79.9. The van der Waals surface area contributed by atoms with Crippen molar-refractivity contribution in [2.24, 2.45) is 0 Å².